The van der Waals surface area contributed by atoms with Crippen LogP contribution >= 0.6 is 0 Å². The molecule has 1 amide bonds. The molecule has 3 rings (SSSR count). The summed E-state index contributed by atoms with van der Waals surface area (Å²) in [5.41, 5.74) is 8.19. The van der Waals surface area contributed by atoms with E-state index in [0.29, 0.717) is 6.42 Å². The molecule has 1 aliphatic carbocycles. The van der Waals surface area contributed by atoms with E-state index in [2.05, 4.69) is 10.3 Å². The van der Waals surface area contributed by atoms with E-state index in [-0.39, 0.29) is 18.1 Å². The number of amides is 1. The fourth-order valence-electron chi connectivity index (χ4n) is 2.81. The minimum atomic E-state index is -0.522. The molecule has 1 atom stereocenters. The molecule has 1 aliphatic rings. The van der Waals surface area contributed by atoms with Gasteiger partial charge in [-0.05, 0) is 30.9 Å². The first kappa shape index (κ1) is 14.1. The van der Waals surface area contributed by atoms with E-state index in [4.69, 9.17) is 10.5 Å². The highest BCUT2D eigenvalue weighted by Crippen LogP contribution is 2.23. The lowest BCUT2D eigenvalue weighted by atomic mass is 9.89. The molecular formula is C16H21N3O2. The molecule has 4 N–H and O–H groups in total. The van der Waals surface area contributed by atoms with Gasteiger partial charge in [-0.25, -0.2) is 0 Å². The number of para-hydroxylation sites is 1. The molecule has 0 aliphatic heterocycles. The molecule has 5 nitrogen and oxygen atoms in total. The van der Waals surface area contributed by atoms with Crippen molar-refractivity contribution >= 4 is 16.8 Å². The average Bonchev–Trinajstić information content (AvgIpc) is 2.85. The van der Waals surface area contributed by atoms with Gasteiger partial charge in [-0.3, -0.25) is 4.79 Å². The van der Waals surface area contributed by atoms with E-state index >= 15 is 0 Å². The number of rotatable bonds is 5. The molecule has 0 radical (unpaired) electrons. The molecular weight excluding hydrogens is 266 g/mol. The molecule has 1 saturated carbocycles. The van der Waals surface area contributed by atoms with Crippen molar-refractivity contribution in [3.8, 4) is 0 Å². The van der Waals surface area contributed by atoms with Crippen molar-refractivity contribution in [2.24, 2.45) is 5.73 Å². The zero-order valence-electron chi connectivity index (χ0n) is 12.1. The second-order valence-electron chi connectivity index (χ2n) is 5.70. The van der Waals surface area contributed by atoms with Crippen LogP contribution in [0.3, 0.4) is 0 Å². The maximum Gasteiger partial charge on any atom is 0.237 e. The topological polar surface area (TPSA) is 80.1 Å². The number of carbonyl (C=O) groups excluding carboxylic acids is 1. The Morgan fingerprint density at radius 2 is 2.24 bits per heavy atom. The van der Waals surface area contributed by atoms with Crippen LogP contribution in [-0.2, 0) is 16.0 Å². The minimum Gasteiger partial charge on any atom is -0.381 e. The highest BCUT2D eigenvalue weighted by molar-refractivity contribution is 5.86. The zero-order valence-corrected chi connectivity index (χ0v) is 12.1. The van der Waals surface area contributed by atoms with E-state index < -0.39 is 6.04 Å². The van der Waals surface area contributed by atoms with Crippen LogP contribution in [0, 0.1) is 0 Å². The second kappa shape index (κ2) is 5.87. The van der Waals surface area contributed by atoms with Gasteiger partial charge in [0.2, 0.25) is 5.91 Å². The lowest BCUT2D eigenvalue weighted by Crippen LogP contribution is -2.52. The Labute approximate surface area is 123 Å². The first-order chi connectivity index (χ1) is 10.2. The highest BCUT2D eigenvalue weighted by Gasteiger charge is 2.31. The molecule has 1 fully saturated rings. The van der Waals surface area contributed by atoms with Gasteiger partial charge in [-0.15, -0.1) is 0 Å². The second-order valence-corrected chi connectivity index (χ2v) is 5.70. The number of hydrogen-bond donors (Lipinski definition) is 3. The molecule has 0 bridgehead atoms. The number of hydrogen-bond acceptors (Lipinski definition) is 3. The van der Waals surface area contributed by atoms with Gasteiger partial charge in [0.15, 0.2) is 0 Å². The molecule has 2 aromatic rings. The number of nitrogens with one attached hydrogen (secondary N) is 2. The summed E-state index contributed by atoms with van der Waals surface area (Å²) < 4.78 is 5.21. The Morgan fingerprint density at radius 1 is 1.48 bits per heavy atom. The van der Waals surface area contributed by atoms with Gasteiger partial charge < -0.3 is 20.8 Å². The molecule has 1 aromatic heterocycles. The van der Waals surface area contributed by atoms with Crippen LogP contribution in [-0.4, -0.2) is 36.2 Å². The Balaban J connectivity index is 1.58. The third-order valence-corrected chi connectivity index (χ3v) is 4.23. The minimum absolute atomic E-state index is 0.0835. The van der Waals surface area contributed by atoms with E-state index in [1.165, 1.54) is 0 Å². The average molecular weight is 287 g/mol. The van der Waals surface area contributed by atoms with Crippen molar-refractivity contribution in [3.63, 3.8) is 0 Å². The monoisotopic (exact) mass is 287 g/mol. The summed E-state index contributed by atoms with van der Waals surface area (Å²) in [6.07, 6.45) is 4.50. The smallest absolute Gasteiger partial charge is 0.237 e. The van der Waals surface area contributed by atoms with Crippen LogP contribution in [0.2, 0.25) is 0 Å². The van der Waals surface area contributed by atoms with Gasteiger partial charge in [-0.2, -0.15) is 0 Å². The summed E-state index contributed by atoms with van der Waals surface area (Å²) in [5, 5.41) is 4.12. The van der Waals surface area contributed by atoms with Crippen molar-refractivity contribution in [3.05, 3.63) is 36.0 Å². The van der Waals surface area contributed by atoms with Crippen LogP contribution in [0.15, 0.2) is 30.5 Å². The molecule has 0 unspecified atom stereocenters. The maximum atomic E-state index is 12.1. The Hall–Kier alpha value is -1.85. The normalized spacial score (nSPS) is 22.8. The molecule has 1 aromatic carbocycles. The van der Waals surface area contributed by atoms with Crippen molar-refractivity contribution in [1.29, 1.82) is 0 Å². The summed E-state index contributed by atoms with van der Waals surface area (Å²) in [4.78, 5) is 15.3. The summed E-state index contributed by atoms with van der Waals surface area (Å²) in [6.45, 7) is 0. The van der Waals surface area contributed by atoms with Crippen molar-refractivity contribution in [2.45, 2.75) is 37.5 Å². The number of fused-ring (bicyclic) bond motifs is 1. The Kier molecular flexibility index (Phi) is 3.94. The third kappa shape index (κ3) is 2.94. The maximum absolute atomic E-state index is 12.1. The zero-order chi connectivity index (χ0) is 14.8. The van der Waals surface area contributed by atoms with Crippen LogP contribution in [0.25, 0.3) is 10.9 Å². The van der Waals surface area contributed by atoms with Crippen LogP contribution < -0.4 is 11.1 Å². The van der Waals surface area contributed by atoms with E-state index in [9.17, 15) is 4.79 Å². The fourth-order valence-corrected chi connectivity index (χ4v) is 2.81. The quantitative estimate of drug-likeness (QED) is 0.776. The van der Waals surface area contributed by atoms with E-state index in [1.807, 2.05) is 30.5 Å². The highest BCUT2D eigenvalue weighted by atomic mass is 16.5. The lowest BCUT2D eigenvalue weighted by Gasteiger charge is -2.35. The van der Waals surface area contributed by atoms with Crippen molar-refractivity contribution in [1.82, 2.24) is 10.3 Å². The van der Waals surface area contributed by atoms with Crippen LogP contribution in [0.5, 0.6) is 0 Å². The summed E-state index contributed by atoms with van der Waals surface area (Å²) in [5.74, 6) is -0.0835. The Bertz CT molecular complexity index is 631. The number of aromatic amines is 1. The summed E-state index contributed by atoms with van der Waals surface area (Å²) >= 11 is 0. The number of methoxy groups -OCH3 is 1. The summed E-state index contributed by atoms with van der Waals surface area (Å²) in [7, 11) is 1.70. The molecule has 5 heteroatoms. The number of nitrogens with two attached hydrogens (primary N) is 1. The van der Waals surface area contributed by atoms with Gasteiger partial charge in [0.05, 0.1) is 12.1 Å². The lowest BCUT2D eigenvalue weighted by molar-refractivity contribution is -0.124. The van der Waals surface area contributed by atoms with Gasteiger partial charge >= 0.3 is 0 Å². The fraction of sp³-hybridized carbons (Fsp3) is 0.438. The van der Waals surface area contributed by atoms with Gasteiger partial charge in [0.1, 0.15) is 0 Å². The Morgan fingerprint density at radius 3 is 3.00 bits per heavy atom. The predicted molar refractivity (Wildman–Crippen MR) is 81.9 cm³/mol. The molecule has 1 heterocycles. The van der Waals surface area contributed by atoms with E-state index in [0.717, 1.165) is 29.3 Å². The molecule has 112 valence electrons. The first-order valence-electron chi connectivity index (χ1n) is 7.31. The predicted octanol–water partition coefficient (Wildman–Crippen LogP) is 1.33. The standard InChI is InChI=1S/C16H21N3O2/c1-21-12-7-11(8-12)19-16(20)14(17)6-10-9-18-15-5-3-2-4-13(10)15/h2-5,9,11-12,14,18H,6-8,17H2,1H3,(H,19,20)/t11?,12?,14-/m1/s1. The van der Waals surface area contributed by atoms with Gasteiger partial charge in [0, 0.05) is 30.3 Å². The molecule has 0 spiro atoms. The first-order valence-corrected chi connectivity index (χ1v) is 7.31. The number of carbonyl (C=O) groups is 1. The number of H-pyrrole nitrogens is 1. The molecule has 0 saturated heterocycles. The van der Waals surface area contributed by atoms with Crippen LogP contribution in [0.1, 0.15) is 18.4 Å². The van der Waals surface area contributed by atoms with Crippen molar-refractivity contribution in [2.75, 3.05) is 7.11 Å². The summed E-state index contributed by atoms with van der Waals surface area (Å²) in [6, 6.07) is 7.72. The largest absolute Gasteiger partial charge is 0.381 e. The van der Waals surface area contributed by atoms with Gasteiger partial charge in [0.25, 0.3) is 0 Å². The van der Waals surface area contributed by atoms with Crippen molar-refractivity contribution < 1.29 is 9.53 Å². The van der Waals surface area contributed by atoms with Crippen LogP contribution in [0.4, 0.5) is 0 Å². The van der Waals surface area contributed by atoms with Gasteiger partial charge in [-0.1, -0.05) is 18.2 Å². The number of ether oxygens (including phenoxy) is 1. The molecule has 21 heavy (non-hydrogen) atoms. The third-order valence-electron chi connectivity index (χ3n) is 4.23. The van der Waals surface area contributed by atoms with E-state index in [1.54, 1.807) is 7.11 Å². The SMILES string of the molecule is COC1CC(NC(=O)[C@H](N)Cc2c[nH]c3ccccc23)C1. The number of aromatic nitrogens is 1. The number of benzene rings is 1.